The van der Waals surface area contributed by atoms with E-state index in [1.165, 1.54) is 0 Å². The van der Waals surface area contributed by atoms with Gasteiger partial charge in [0, 0.05) is 18.7 Å². The van der Waals surface area contributed by atoms with E-state index in [0.29, 0.717) is 17.5 Å². The molecule has 1 aliphatic rings. The molecule has 1 fully saturated rings. The van der Waals surface area contributed by atoms with Crippen molar-refractivity contribution in [1.82, 2.24) is 4.90 Å². The van der Waals surface area contributed by atoms with Crippen LogP contribution in [0.1, 0.15) is 18.9 Å². The van der Waals surface area contributed by atoms with Crippen molar-refractivity contribution in [3.63, 3.8) is 0 Å². The summed E-state index contributed by atoms with van der Waals surface area (Å²) in [6, 6.07) is 7.52. The maximum Gasteiger partial charge on any atom is 0.119 e. The number of aliphatic hydroxyl groups is 1. The van der Waals surface area contributed by atoms with Gasteiger partial charge >= 0.3 is 0 Å². The number of nitrogens with zero attached hydrogens (tertiary/aromatic N) is 1. The van der Waals surface area contributed by atoms with Gasteiger partial charge in [0.2, 0.25) is 0 Å². The number of nitrogens with two attached hydrogens (primary N) is 1. The van der Waals surface area contributed by atoms with Crippen molar-refractivity contribution >= 4 is 17.2 Å². The summed E-state index contributed by atoms with van der Waals surface area (Å²) in [6.07, 6.45) is 0.855. The Hall–Kier alpha value is -1.17. The van der Waals surface area contributed by atoms with Crippen molar-refractivity contribution in [2.75, 3.05) is 26.2 Å². The first kappa shape index (κ1) is 15.2. The third kappa shape index (κ3) is 4.16. The van der Waals surface area contributed by atoms with Gasteiger partial charge in [0.1, 0.15) is 17.3 Å². The minimum atomic E-state index is -0.214. The van der Waals surface area contributed by atoms with Crippen LogP contribution in [0.4, 0.5) is 0 Å². The summed E-state index contributed by atoms with van der Waals surface area (Å²) < 4.78 is 5.71. The highest BCUT2D eigenvalue weighted by molar-refractivity contribution is 7.80. The van der Waals surface area contributed by atoms with E-state index in [2.05, 4.69) is 4.90 Å². The van der Waals surface area contributed by atoms with Crippen LogP contribution in [0.2, 0.25) is 0 Å². The second-order valence-corrected chi connectivity index (χ2v) is 5.77. The number of hydrogen-bond donors (Lipinski definition) is 2. The maximum absolute atomic E-state index is 9.57. The second kappa shape index (κ2) is 7.02. The van der Waals surface area contributed by atoms with Gasteiger partial charge in [-0.3, -0.25) is 4.90 Å². The van der Waals surface area contributed by atoms with Crippen LogP contribution < -0.4 is 10.5 Å². The summed E-state index contributed by atoms with van der Waals surface area (Å²) in [5, 5.41) is 9.57. The third-order valence-corrected chi connectivity index (χ3v) is 4.04. The quantitative estimate of drug-likeness (QED) is 0.777. The summed E-state index contributed by atoms with van der Waals surface area (Å²) in [7, 11) is 0. The standard InChI is InChI=1S/C15H22N2O2S/c1-11(18)13-6-7-17(10-13)8-9-19-14-4-2-12(3-5-14)15(16)20/h2-5,11,13,18H,6-10H2,1H3,(H2,16,20). The average Bonchev–Trinajstić information content (AvgIpc) is 2.88. The molecule has 20 heavy (non-hydrogen) atoms. The van der Waals surface area contributed by atoms with Crippen LogP contribution in [-0.2, 0) is 0 Å². The van der Waals surface area contributed by atoms with Crippen molar-refractivity contribution < 1.29 is 9.84 Å². The molecule has 1 aliphatic heterocycles. The van der Waals surface area contributed by atoms with Crippen LogP contribution in [0.5, 0.6) is 5.75 Å². The van der Waals surface area contributed by atoms with Gasteiger partial charge in [-0.2, -0.15) is 0 Å². The Morgan fingerprint density at radius 2 is 2.20 bits per heavy atom. The molecule has 1 aromatic rings. The number of ether oxygens (including phenoxy) is 1. The lowest BCUT2D eigenvalue weighted by molar-refractivity contribution is 0.125. The number of likely N-dealkylation sites (tertiary alicyclic amines) is 1. The number of aliphatic hydroxyl groups excluding tert-OH is 1. The molecular weight excluding hydrogens is 272 g/mol. The van der Waals surface area contributed by atoms with Crippen LogP contribution in [0.3, 0.4) is 0 Å². The molecule has 1 heterocycles. The minimum Gasteiger partial charge on any atom is -0.492 e. The highest BCUT2D eigenvalue weighted by Gasteiger charge is 2.25. The van der Waals surface area contributed by atoms with E-state index in [4.69, 9.17) is 22.7 Å². The van der Waals surface area contributed by atoms with E-state index in [9.17, 15) is 5.11 Å². The van der Waals surface area contributed by atoms with Gasteiger partial charge in [0.25, 0.3) is 0 Å². The summed E-state index contributed by atoms with van der Waals surface area (Å²) >= 11 is 4.91. The van der Waals surface area contributed by atoms with Gasteiger partial charge in [-0.25, -0.2) is 0 Å². The van der Waals surface area contributed by atoms with Gasteiger partial charge < -0.3 is 15.6 Å². The van der Waals surface area contributed by atoms with Crippen molar-refractivity contribution in [2.24, 2.45) is 11.7 Å². The maximum atomic E-state index is 9.57. The van der Waals surface area contributed by atoms with Gasteiger partial charge in [-0.15, -0.1) is 0 Å². The molecule has 1 aromatic carbocycles. The highest BCUT2D eigenvalue weighted by atomic mass is 32.1. The Morgan fingerprint density at radius 1 is 1.50 bits per heavy atom. The molecule has 2 atom stereocenters. The van der Waals surface area contributed by atoms with Crippen LogP contribution >= 0.6 is 12.2 Å². The van der Waals surface area contributed by atoms with E-state index in [0.717, 1.165) is 37.4 Å². The van der Waals surface area contributed by atoms with Crippen LogP contribution in [-0.4, -0.2) is 47.3 Å². The largest absolute Gasteiger partial charge is 0.492 e. The number of benzene rings is 1. The molecule has 0 amide bonds. The van der Waals surface area contributed by atoms with Crippen LogP contribution in [0, 0.1) is 5.92 Å². The molecule has 1 saturated heterocycles. The lowest BCUT2D eigenvalue weighted by Gasteiger charge is -2.17. The average molecular weight is 294 g/mol. The van der Waals surface area contributed by atoms with Crippen molar-refractivity contribution in [1.29, 1.82) is 0 Å². The first-order valence-corrected chi connectivity index (χ1v) is 7.40. The fraction of sp³-hybridized carbons (Fsp3) is 0.533. The molecule has 2 unspecified atom stereocenters. The zero-order chi connectivity index (χ0) is 14.5. The highest BCUT2D eigenvalue weighted by Crippen LogP contribution is 2.19. The lowest BCUT2D eigenvalue weighted by atomic mass is 10.0. The fourth-order valence-electron chi connectivity index (χ4n) is 2.47. The summed E-state index contributed by atoms with van der Waals surface area (Å²) in [5.74, 6) is 1.23. The Labute approximate surface area is 125 Å². The predicted molar refractivity (Wildman–Crippen MR) is 84.1 cm³/mol. The molecule has 0 spiro atoms. The van der Waals surface area contributed by atoms with Crippen molar-refractivity contribution in [3.8, 4) is 5.75 Å². The number of hydrogen-bond acceptors (Lipinski definition) is 4. The van der Waals surface area contributed by atoms with E-state index in [-0.39, 0.29) is 6.10 Å². The third-order valence-electron chi connectivity index (χ3n) is 3.81. The molecule has 2 rings (SSSR count). The van der Waals surface area contributed by atoms with Gasteiger partial charge in [0.05, 0.1) is 6.10 Å². The van der Waals surface area contributed by atoms with Gasteiger partial charge in [-0.1, -0.05) is 12.2 Å². The fourth-order valence-corrected chi connectivity index (χ4v) is 2.60. The lowest BCUT2D eigenvalue weighted by Crippen LogP contribution is -2.28. The topological polar surface area (TPSA) is 58.7 Å². The minimum absolute atomic E-state index is 0.214. The monoisotopic (exact) mass is 294 g/mol. The molecule has 0 radical (unpaired) electrons. The van der Waals surface area contributed by atoms with Gasteiger partial charge in [0.15, 0.2) is 0 Å². The summed E-state index contributed by atoms with van der Waals surface area (Å²) in [5.41, 5.74) is 6.40. The van der Waals surface area contributed by atoms with E-state index in [1.807, 2.05) is 31.2 Å². The first-order valence-electron chi connectivity index (χ1n) is 6.99. The van der Waals surface area contributed by atoms with Crippen molar-refractivity contribution in [3.05, 3.63) is 29.8 Å². The number of rotatable bonds is 6. The Balaban J connectivity index is 1.72. The molecule has 0 saturated carbocycles. The first-order chi connectivity index (χ1) is 9.56. The second-order valence-electron chi connectivity index (χ2n) is 5.33. The predicted octanol–water partition coefficient (Wildman–Crippen LogP) is 1.40. The smallest absolute Gasteiger partial charge is 0.119 e. The van der Waals surface area contributed by atoms with E-state index < -0.39 is 0 Å². The molecule has 0 bridgehead atoms. The Bertz CT molecular complexity index is 448. The normalized spacial score (nSPS) is 20.8. The summed E-state index contributed by atoms with van der Waals surface area (Å²) in [6.45, 7) is 5.41. The zero-order valence-corrected chi connectivity index (χ0v) is 12.6. The summed E-state index contributed by atoms with van der Waals surface area (Å²) in [4.78, 5) is 2.73. The molecule has 3 N–H and O–H groups in total. The Morgan fingerprint density at radius 3 is 2.75 bits per heavy atom. The van der Waals surface area contributed by atoms with E-state index in [1.54, 1.807) is 0 Å². The molecule has 4 nitrogen and oxygen atoms in total. The van der Waals surface area contributed by atoms with Crippen LogP contribution in [0.25, 0.3) is 0 Å². The molecule has 0 aromatic heterocycles. The molecule has 110 valence electrons. The molecule has 5 heteroatoms. The zero-order valence-electron chi connectivity index (χ0n) is 11.8. The van der Waals surface area contributed by atoms with E-state index >= 15 is 0 Å². The van der Waals surface area contributed by atoms with Crippen molar-refractivity contribution in [2.45, 2.75) is 19.4 Å². The molecular formula is C15H22N2O2S. The van der Waals surface area contributed by atoms with Crippen LogP contribution in [0.15, 0.2) is 24.3 Å². The number of thiocarbonyl (C=S) groups is 1. The Kier molecular flexibility index (Phi) is 5.34. The van der Waals surface area contributed by atoms with Gasteiger partial charge in [-0.05, 0) is 50.1 Å². The SMILES string of the molecule is CC(O)C1CCN(CCOc2ccc(C(N)=S)cc2)C1. The molecule has 0 aliphatic carbocycles.